The van der Waals surface area contributed by atoms with Crippen LogP contribution >= 0.6 is 11.6 Å². The van der Waals surface area contributed by atoms with Gasteiger partial charge in [-0.3, -0.25) is 0 Å². The summed E-state index contributed by atoms with van der Waals surface area (Å²) in [5.74, 6) is -2.34. The Balaban J connectivity index is 1.61. The fourth-order valence-electron chi connectivity index (χ4n) is 4.03. The van der Waals surface area contributed by atoms with Gasteiger partial charge in [0, 0.05) is 10.9 Å². The Hall–Kier alpha value is -2.78. The Morgan fingerprint density at radius 3 is 2.06 bits per heavy atom. The van der Waals surface area contributed by atoms with Crippen molar-refractivity contribution in [3.8, 4) is 22.3 Å². The molecular formula is C28H24ClF3. The van der Waals surface area contributed by atoms with Crippen LogP contribution in [0, 0.1) is 17.5 Å². The molecule has 32 heavy (non-hydrogen) atoms. The van der Waals surface area contributed by atoms with Gasteiger partial charge in [-0.1, -0.05) is 86.3 Å². The van der Waals surface area contributed by atoms with E-state index in [0.717, 1.165) is 35.1 Å². The first kappa shape index (κ1) is 22.4. The van der Waals surface area contributed by atoms with Gasteiger partial charge in [0.1, 0.15) is 22.5 Å². The highest BCUT2D eigenvalue weighted by Gasteiger charge is 2.15. The number of rotatable bonds is 7. The molecule has 0 amide bonds. The van der Waals surface area contributed by atoms with E-state index in [0.29, 0.717) is 5.39 Å². The van der Waals surface area contributed by atoms with Gasteiger partial charge in [0.05, 0.1) is 0 Å². The Labute approximate surface area is 191 Å². The van der Waals surface area contributed by atoms with Crippen LogP contribution in [-0.2, 0) is 6.42 Å². The molecule has 0 aromatic heterocycles. The summed E-state index contributed by atoms with van der Waals surface area (Å²) in [4.78, 5) is 0. The standard InChI is InChI=1S/C28H24ClF3/c1-2-3-4-5-6-18-7-9-19(10-8-18)20-11-13-23-21(15-20)12-14-24(28(23)32)22-16-25(30)27(29)26(31)17-22/h7-17H,2-6H2,1H3. The van der Waals surface area contributed by atoms with E-state index in [1.165, 1.54) is 31.2 Å². The number of unbranched alkanes of at least 4 members (excludes halogenated alkanes) is 3. The van der Waals surface area contributed by atoms with Gasteiger partial charge < -0.3 is 0 Å². The third kappa shape index (κ3) is 4.68. The quantitative estimate of drug-likeness (QED) is 0.193. The van der Waals surface area contributed by atoms with Gasteiger partial charge in [-0.2, -0.15) is 0 Å². The molecule has 0 fully saturated rings. The first-order valence-electron chi connectivity index (χ1n) is 10.9. The fourth-order valence-corrected chi connectivity index (χ4v) is 4.13. The Morgan fingerprint density at radius 1 is 0.688 bits per heavy atom. The molecule has 4 aromatic carbocycles. The zero-order valence-corrected chi connectivity index (χ0v) is 18.7. The van der Waals surface area contributed by atoms with Crippen molar-refractivity contribution in [3.63, 3.8) is 0 Å². The van der Waals surface area contributed by atoms with Crippen molar-refractivity contribution >= 4 is 22.4 Å². The lowest BCUT2D eigenvalue weighted by Crippen LogP contribution is -1.92. The maximum absolute atomic E-state index is 15.2. The van der Waals surface area contributed by atoms with Crippen LogP contribution in [0.4, 0.5) is 13.2 Å². The second-order valence-electron chi connectivity index (χ2n) is 8.12. The summed E-state index contributed by atoms with van der Waals surface area (Å²) in [5, 5.41) is 0.531. The molecule has 4 rings (SSSR count). The highest BCUT2D eigenvalue weighted by atomic mass is 35.5. The van der Waals surface area contributed by atoms with Crippen LogP contribution in [0.1, 0.15) is 38.2 Å². The molecule has 0 heterocycles. The van der Waals surface area contributed by atoms with Gasteiger partial charge in [-0.15, -0.1) is 0 Å². The van der Waals surface area contributed by atoms with Crippen LogP contribution < -0.4 is 0 Å². The van der Waals surface area contributed by atoms with Crippen molar-refractivity contribution in [2.75, 3.05) is 0 Å². The predicted octanol–water partition coefficient (Wildman–Crippen LogP) is 9.37. The molecule has 0 saturated carbocycles. The third-order valence-corrected chi connectivity index (χ3v) is 6.22. The van der Waals surface area contributed by atoms with Crippen LogP contribution in [0.25, 0.3) is 33.0 Å². The fraction of sp³-hybridized carbons (Fsp3) is 0.214. The molecule has 0 radical (unpaired) electrons. The zero-order chi connectivity index (χ0) is 22.7. The van der Waals surface area contributed by atoms with Crippen molar-refractivity contribution in [3.05, 3.63) is 94.8 Å². The lowest BCUT2D eigenvalue weighted by molar-refractivity contribution is 0.584. The number of hydrogen-bond donors (Lipinski definition) is 0. The predicted molar refractivity (Wildman–Crippen MR) is 128 cm³/mol. The maximum atomic E-state index is 15.2. The number of fused-ring (bicyclic) bond motifs is 1. The van der Waals surface area contributed by atoms with Crippen molar-refractivity contribution < 1.29 is 13.2 Å². The van der Waals surface area contributed by atoms with Crippen molar-refractivity contribution in [1.82, 2.24) is 0 Å². The van der Waals surface area contributed by atoms with Crippen LogP contribution in [0.2, 0.25) is 5.02 Å². The van der Waals surface area contributed by atoms with Crippen molar-refractivity contribution in [2.24, 2.45) is 0 Å². The van der Waals surface area contributed by atoms with E-state index in [1.807, 2.05) is 12.1 Å². The smallest absolute Gasteiger partial charge is 0.145 e. The maximum Gasteiger partial charge on any atom is 0.145 e. The van der Waals surface area contributed by atoms with Crippen LogP contribution in [0.15, 0.2) is 66.7 Å². The Bertz CT molecular complexity index is 1220. The highest BCUT2D eigenvalue weighted by Crippen LogP contribution is 2.34. The number of benzene rings is 4. The molecule has 0 atom stereocenters. The average Bonchev–Trinajstić information content (AvgIpc) is 2.80. The molecule has 0 aliphatic carbocycles. The summed E-state index contributed by atoms with van der Waals surface area (Å²) in [6.45, 7) is 2.21. The molecule has 0 aliphatic rings. The molecule has 0 unspecified atom stereocenters. The van der Waals surface area contributed by atoms with E-state index in [-0.39, 0.29) is 11.1 Å². The molecule has 4 heteroatoms. The van der Waals surface area contributed by atoms with Crippen LogP contribution in [0.3, 0.4) is 0 Å². The minimum Gasteiger partial charge on any atom is -0.206 e. The van der Waals surface area contributed by atoms with Crippen LogP contribution in [0.5, 0.6) is 0 Å². The molecule has 0 aliphatic heterocycles. The molecule has 0 bridgehead atoms. The minimum atomic E-state index is -0.912. The number of halogens is 4. The summed E-state index contributed by atoms with van der Waals surface area (Å²) in [7, 11) is 0. The largest absolute Gasteiger partial charge is 0.206 e. The van der Waals surface area contributed by atoms with Gasteiger partial charge in [0.2, 0.25) is 0 Å². The van der Waals surface area contributed by atoms with E-state index in [9.17, 15) is 8.78 Å². The summed E-state index contributed by atoms with van der Waals surface area (Å²) in [6.07, 6.45) is 6.04. The number of hydrogen-bond acceptors (Lipinski definition) is 0. The first-order valence-corrected chi connectivity index (χ1v) is 11.3. The summed E-state index contributed by atoms with van der Waals surface area (Å²) in [5.41, 5.74) is 3.62. The molecule has 0 saturated heterocycles. The molecule has 0 nitrogen and oxygen atoms in total. The normalized spacial score (nSPS) is 11.3. The zero-order valence-electron chi connectivity index (χ0n) is 17.9. The average molecular weight is 453 g/mol. The molecule has 0 spiro atoms. The Kier molecular flexibility index (Phi) is 6.86. The highest BCUT2D eigenvalue weighted by molar-refractivity contribution is 6.31. The van der Waals surface area contributed by atoms with Gasteiger partial charge >= 0.3 is 0 Å². The van der Waals surface area contributed by atoms with Gasteiger partial charge in [-0.05, 0) is 58.7 Å². The van der Waals surface area contributed by atoms with E-state index >= 15 is 4.39 Å². The van der Waals surface area contributed by atoms with Crippen molar-refractivity contribution in [1.29, 1.82) is 0 Å². The first-order chi connectivity index (χ1) is 15.5. The van der Waals surface area contributed by atoms with E-state index in [2.05, 4.69) is 31.2 Å². The monoisotopic (exact) mass is 452 g/mol. The molecule has 4 aromatic rings. The second kappa shape index (κ2) is 9.79. The van der Waals surface area contributed by atoms with Gasteiger partial charge in [0.25, 0.3) is 0 Å². The van der Waals surface area contributed by atoms with E-state index in [1.54, 1.807) is 18.2 Å². The lowest BCUT2D eigenvalue weighted by Gasteiger charge is -2.10. The lowest BCUT2D eigenvalue weighted by atomic mass is 9.96. The minimum absolute atomic E-state index is 0.113. The Morgan fingerprint density at radius 2 is 1.38 bits per heavy atom. The molecular weight excluding hydrogens is 429 g/mol. The van der Waals surface area contributed by atoms with E-state index in [4.69, 9.17) is 11.6 Å². The van der Waals surface area contributed by atoms with Gasteiger partial charge in [-0.25, -0.2) is 13.2 Å². The van der Waals surface area contributed by atoms with Gasteiger partial charge in [0.15, 0.2) is 0 Å². The summed E-state index contributed by atoms with van der Waals surface area (Å²) >= 11 is 5.55. The van der Waals surface area contributed by atoms with Crippen molar-refractivity contribution in [2.45, 2.75) is 39.0 Å². The topological polar surface area (TPSA) is 0 Å². The molecule has 164 valence electrons. The van der Waals surface area contributed by atoms with E-state index < -0.39 is 22.5 Å². The summed E-state index contributed by atoms with van der Waals surface area (Å²) < 4.78 is 42.9. The summed E-state index contributed by atoms with van der Waals surface area (Å²) in [6, 6.07) is 19.4. The SMILES string of the molecule is CCCCCCc1ccc(-c2ccc3c(F)c(-c4cc(F)c(Cl)c(F)c4)ccc3c2)cc1. The molecule has 0 N–H and O–H groups in total. The second-order valence-corrected chi connectivity index (χ2v) is 8.50. The third-order valence-electron chi connectivity index (χ3n) is 5.86. The van der Waals surface area contributed by atoms with Crippen LogP contribution in [-0.4, -0.2) is 0 Å². The number of aryl methyl sites for hydroxylation is 1.